The van der Waals surface area contributed by atoms with Crippen LogP contribution in [0.3, 0.4) is 0 Å². The number of allylic oxidation sites excluding steroid dienone is 9. The molecule has 2 N–H and O–H groups in total. The van der Waals surface area contributed by atoms with Gasteiger partial charge in [-0.1, -0.05) is 62.3 Å². The van der Waals surface area contributed by atoms with E-state index in [0.29, 0.717) is 0 Å². The molecule has 86 valence electrons. The van der Waals surface area contributed by atoms with Crippen LogP contribution in [0.2, 0.25) is 0 Å². The number of hydrogen-bond donors (Lipinski definition) is 1. The summed E-state index contributed by atoms with van der Waals surface area (Å²) in [7, 11) is 0. The fourth-order valence-corrected chi connectivity index (χ4v) is 1.54. The summed E-state index contributed by atoms with van der Waals surface area (Å²) < 4.78 is 0. The molecule has 1 aliphatic carbocycles. The van der Waals surface area contributed by atoms with E-state index in [4.69, 9.17) is 5.73 Å². The van der Waals surface area contributed by atoms with Crippen molar-refractivity contribution in [2.75, 3.05) is 0 Å². The second-order valence-corrected chi connectivity index (χ2v) is 3.92. The second-order valence-electron chi connectivity index (χ2n) is 3.92. The minimum absolute atomic E-state index is 0.997. The predicted octanol–water partition coefficient (Wildman–Crippen LogP) is 4.02. The summed E-state index contributed by atoms with van der Waals surface area (Å²) in [5.74, 6) is 0. The Balaban J connectivity index is 2.52. The molecule has 0 aliphatic heterocycles. The highest BCUT2D eigenvalue weighted by Gasteiger charge is 1.94. The van der Waals surface area contributed by atoms with Crippen LogP contribution in [0.25, 0.3) is 0 Å². The van der Waals surface area contributed by atoms with Gasteiger partial charge in [-0.3, -0.25) is 0 Å². The molecule has 0 atom stereocenters. The van der Waals surface area contributed by atoms with Gasteiger partial charge in [-0.15, -0.1) is 0 Å². The van der Waals surface area contributed by atoms with Gasteiger partial charge < -0.3 is 5.73 Å². The van der Waals surface area contributed by atoms with Gasteiger partial charge in [0.05, 0.1) is 0 Å². The van der Waals surface area contributed by atoms with E-state index in [0.717, 1.165) is 18.4 Å². The van der Waals surface area contributed by atoms with E-state index >= 15 is 0 Å². The predicted molar refractivity (Wildman–Crippen MR) is 71.9 cm³/mol. The van der Waals surface area contributed by atoms with Crippen LogP contribution in [-0.2, 0) is 0 Å². The van der Waals surface area contributed by atoms with Gasteiger partial charge in [0.15, 0.2) is 0 Å². The maximum Gasteiger partial charge on any atom is 0.00115 e. The summed E-state index contributed by atoms with van der Waals surface area (Å²) in [6, 6.07) is 0. The molecular weight excluding hydrogens is 194 g/mol. The molecule has 0 saturated heterocycles. The Kier molecular flexibility index (Phi) is 6.09. The molecule has 0 saturated carbocycles. The van der Waals surface area contributed by atoms with Gasteiger partial charge in [0.2, 0.25) is 0 Å². The van der Waals surface area contributed by atoms with E-state index < -0.39 is 0 Å². The summed E-state index contributed by atoms with van der Waals surface area (Å²) in [6.07, 6.45) is 21.1. The van der Waals surface area contributed by atoms with Gasteiger partial charge in [0.1, 0.15) is 0 Å². The zero-order valence-corrected chi connectivity index (χ0v) is 10.0. The number of hydrogen-bond acceptors (Lipinski definition) is 1. The van der Waals surface area contributed by atoms with Gasteiger partial charge in [0.25, 0.3) is 0 Å². The molecule has 0 aromatic rings. The lowest BCUT2D eigenvalue weighted by Gasteiger charge is -2.02. The third kappa shape index (κ3) is 4.83. The zero-order chi connectivity index (χ0) is 11.6. The Morgan fingerprint density at radius 3 is 2.94 bits per heavy atom. The first-order chi connectivity index (χ1) is 7.86. The monoisotopic (exact) mass is 215 g/mol. The number of rotatable bonds is 5. The van der Waals surface area contributed by atoms with Crippen molar-refractivity contribution in [2.24, 2.45) is 5.73 Å². The third-order valence-electron chi connectivity index (χ3n) is 2.49. The first-order valence-corrected chi connectivity index (χ1v) is 5.99. The Labute approximate surface area is 98.7 Å². The minimum atomic E-state index is 0.997. The Morgan fingerprint density at radius 2 is 2.31 bits per heavy atom. The van der Waals surface area contributed by atoms with Crippen molar-refractivity contribution in [3.63, 3.8) is 0 Å². The summed E-state index contributed by atoms with van der Waals surface area (Å²) in [4.78, 5) is 0. The van der Waals surface area contributed by atoms with Crippen molar-refractivity contribution >= 4 is 0 Å². The molecule has 0 aromatic heterocycles. The topological polar surface area (TPSA) is 26.0 Å². The largest absolute Gasteiger partial charge is 0.404 e. The van der Waals surface area contributed by atoms with Crippen LogP contribution in [0, 0.1) is 0 Å². The zero-order valence-electron chi connectivity index (χ0n) is 10.0. The number of nitrogens with two attached hydrogens (primary N) is 1. The highest BCUT2D eigenvalue weighted by atomic mass is 14.5. The Morgan fingerprint density at radius 1 is 1.44 bits per heavy atom. The standard InChI is InChI=1S/C15H21N/c1-2-3-4-6-11-15(13-16)12-14-9-7-5-8-10-14/h5-9,11-13H,2-4,10,16H2,1H3/b11-6+,14-12-,15-13-. The summed E-state index contributed by atoms with van der Waals surface area (Å²) in [6.45, 7) is 2.20. The van der Waals surface area contributed by atoms with Gasteiger partial charge in [-0.25, -0.2) is 0 Å². The van der Waals surface area contributed by atoms with E-state index in [1.807, 2.05) is 0 Å². The Bertz CT molecular complexity index is 340. The van der Waals surface area contributed by atoms with Crippen LogP contribution in [0.5, 0.6) is 0 Å². The molecule has 16 heavy (non-hydrogen) atoms. The van der Waals surface area contributed by atoms with E-state index in [9.17, 15) is 0 Å². The quantitative estimate of drug-likeness (QED) is 0.544. The molecule has 1 rings (SSSR count). The highest BCUT2D eigenvalue weighted by molar-refractivity contribution is 5.39. The smallest absolute Gasteiger partial charge is 0.00115 e. The minimum Gasteiger partial charge on any atom is -0.404 e. The lowest BCUT2D eigenvalue weighted by molar-refractivity contribution is 0.814. The van der Waals surface area contributed by atoms with Crippen LogP contribution in [0.1, 0.15) is 32.6 Å². The molecule has 0 heterocycles. The molecule has 0 unspecified atom stereocenters. The molecule has 1 aliphatic rings. The van der Waals surface area contributed by atoms with Crippen LogP contribution in [0.15, 0.2) is 59.9 Å². The molecule has 1 heteroatoms. The van der Waals surface area contributed by atoms with Gasteiger partial charge in [-0.05, 0) is 24.0 Å². The van der Waals surface area contributed by atoms with Crippen molar-refractivity contribution < 1.29 is 0 Å². The molecule has 1 nitrogen and oxygen atoms in total. The second kappa shape index (κ2) is 7.75. The van der Waals surface area contributed by atoms with E-state index in [2.05, 4.69) is 49.5 Å². The summed E-state index contributed by atoms with van der Waals surface area (Å²) in [5, 5.41) is 0. The fourth-order valence-electron chi connectivity index (χ4n) is 1.54. The maximum absolute atomic E-state index is 5.60. The number of unbranched alkanes of at least 4 members (excludes halogenated alkanes) is 2. The average Bonchev–Trinajstić information content (AvgIpc) is 2.34. The fraction of sp³-hybridized carbons (Fsp3) is 0.333. The summed E-state index contributed by atoms with van der Waals surface area (Å²) in [5.41, 5.74) is 8.00. The van der Waals surface area contributed by atoms with E-state index in [-0.39, 0.29) is 0 Å². The summed E-state index contributed by atoms with van der Waals surface area (Å²) >= 11 is 0. The van der Waals surface area contributed by atoms with Gasteiger partial charge >= 0.3 is 0 Å². The van der Waals surface area contributed by atoms with Crippen molar-refractivity contribution in [1.82, 2.24) is 0 Å². The van der Waals surface area contributed by atoms with Crippen LogP contribution in [-0.4, -0.2) is 0 Å². The van der Waals surface area contributed by atoms with Crippen LogP contribution in [0.4, 0.5) is 0 Å². The molecule has 0 spiro atoms. The van der Waals surface area contributed by atoms with Crippen LogP contribution < -0.4 is 5.73 Å². The lowest BCUT2D eigenvalue weighted by Crippen LogP contribution is -1.87. The van der Waals surface area contributed by atoms with Gasteiger partial charge in [0, 0.05) is 6.20 Å². The first kappa shape index (κ1) is 12.6. The van der Waals surface area contributed by atoms with E-state index in [1.165, 1.54) is 18.4 Å². The first-order valence-electron chi connectivity index (χ1n) is 5.99. The lowest BCUT2D eigenvalue weighted by atomic mass is 10.0. The van der Waals surface area contributed by atoms with Crippen molar-refractivity contribution in [3.8, 4) is 0 Å². The SMILES string of the molecule is CCCC/C=C/C(=C/N)/C=C1/C=CC=CC1. The third-order valence-corrected chi connectivity index (χ3v) is 2.49. The molecule has 0 radical (unpaired) electrons. The molecule has 0 amide bonds. The Hall–Kier alpha value is -1.50. The molecule has 0 bridgehead atoms. The maximum atomic E-state index is 5.60. The molecular formula is C15H21N. The molecule has 0 aromatic carbocycles. The van der Waals surface area contributed by atoms with Crippen LogP contribution >= 0.6 is 0 Å². The highest BCUT2D eigenvalue weighted by Crippen LogP contribution is 2.13. The normalized spacial score (nSPS) is 18.8. The molecule has 0 fully saturated rings. The van der Waals surface area contributed by atoms with Gasteiger partial charge in [-0.2, -0.15) is 0 Å². The van der Waals surface area contributed by atoms with Crippen molar-refractivity contribution in [2.45, 2.75) is 32.6 Å². The van der Waals surface area contributed by atoms with E-state index in [1.54, 1.807) is 6.20 Å². The van der Waals surface area contributed by atoms with Crippen molar-refractivity contribution in [1.29, 1.82) is 0 Å². The van der Waals surface area contributed by atoms with Crippen molar-refractivity contribution in [3.05, 3.63) is 59.9 Å². The average molecular weight is 215 g/mol.